The van der Waals surface area contributed by atoms with E-state index >= 15 is 0 Å². The molecule has 1 atom stereocenters. The Morgan fingerprint density at radius 3 is 2.70 bits per heavy atom. The van der Waals surface area contributed by atoms with Gasteiger partial charge in [-0.25, -0.2) is 0 Å². The second-order valence-electron chi connectivity index (χ2n) is 5.40. The molecule has 0 spiro atoms. The summed E-state index contributed by atoms with van der Waals surface area (Å²) >= 11 is 0. The number of rotatable bonds is 4. The van der Waals surface area contributed by atoms with Gasteiger partial charge in [0.05, 0.1) is 6.61 Å². The summed E-state index contributed by atoms with van der Waals surface area (Å²) in [6.07, 6.45) is 3.20. The Balaban J connectivity index is 1.87. The first-order chi connectivity index (χ1) is 9.88. The summed E-state index contributed by atoms with van der Waals surface area (Å²) in [5.41, 5.74) is 9.93. The summed E-state index contributed by atoms with van der Waals surface area (Å²) in [6, 6.07) is 17.0. The summed E-state index contributed by atoms with van der Waals surface area (Å²) in [5, 5.41) is 0. The second-order valence-corrected chi connectivity index (χ2v) is 5.40. The standard InChI is InChI=1S/C18H21NO/c19-13-17(14-6-2-1-3-7-14)12-16-9-4-8-15-10-5-11-20-18(15)16/h1-4,6-9,17H,5,10-13,19H2. The first-order valence-corrected chi connectivity index (χ1v) is 7.37. The fourth-order valence-corrected chi connectivity index (χ4v) is 2.95. The van der Waals surface area contributed by atoms with Crippen LogP contribution >= 0.6 is 0 Å². The van der Waals surface area contributed by atoms with Crippen molar-refractivity contribution in [1.29, 1.82) is 0 Å². The van der Waals surface area contributed by atoms with Crippen molar-refractivity contribution >= 4 is 0 Å². The molecule has 3 rings (SSSR count). The third kappa shape index (κ3) is 2.70. The summed E-state index contributed by atoms with van der Waals surface area (Å²) in [6.45, 7) is 1.50. The van der Waals surface area contributed by atoms with Crippen molar-refractivity contribution in [3.05, 3.63) is 65.2 Å². The van der Waals surface area contributed by atoms with Crippen molar-refractivity contribution in [3.63, 3.8) is 0 Å². The van der Waals surface area contributed by atoms with Gasteiger partial charge >= 0.3 is 0 Å². The van der Waals surface area contributed by atoms with E-state index in [0.717, 1.165) is 31.6 Å². The average molecular weight is 267 g/mol. The van der Waals surface area contributed by atoms with Crippen molar-refractivity contribution in [3.8, 4) is 5.75 Å². The van der Waals surface area contributed by atoms with Crippen LogP contribution in [0.5, 0.6) is 5.75 Å². The number of hydrogen-bond acceptors (Lipinski definition) is 2. The van der Waals surface area contributed by atoms with Crippen LogP contribution in [0, 0.1) is 0 Å². The van der Waals surface area contributed by atoms with Crippen molar-refractivity contribution in [2.75, 3.05) is 13.2 Å². The predicted octanol–water partition coefficient (Wildman–Crippen LogP) is 3.30. The van der Waals surface area contributed by atoms with Gasteiger partial charge in [-0.1, -0.05) is 48.5 Å². The van der Waals surface area contributed by atoms with Crippen molar-refractivity contribution < 1.29 is 4.74 Å². The van der Waals surface area contributed by atoms with Crippen LogP contribution in [0.4, 0.5) is 0 Å². The monoisotopic (exact) mass is 267 g/mol. The number of aryl methyl sites for hydroxylation is 1. The number of fused-ring (bicyclic) bond motifs is 1. The van der Waals surface area contributed by atoms with Gasteiger partial charge < -0.3 is 10.5 Å². The molecule has 0 aliphatic carbocycles. The Hall–Kier alpha value is -1.80. The van der Waals surface area contributed by atoms with Gasteiger partial charge in [0.15, 0.2) is 0 Å². The van der Waals surface area contributed by atoms with Gasteiger partial charge in [0.2, 0.25) is 0 Å². The van der Waals surface area contributed by atoms with Crippen LogP contribution in [0.1, 0.15) is 29.0 Å². The molecule has 2 heteroatoms. The summed E-state index contributed by atoms with van der Waals surface area (Å²) in [7, 11) is 0. The Labute approximate surface area is 120 Å². The zero-order valence-corrected chi connectivity index (χ0v) is 11.7. The van der Waals surface area contributed by atoms with Gasteiger partial charge in [-0.2, -0.15) is 0 Å². The lowest BCUT2D eigenvalue weighted by Gasteiger charge is -2.23. The van der Waals surface area contributed by atoms with Gasteiger partial charge in [-0.15, -0.1) is 0 Å². The second kappa shape index (κ2) is 6.10. The zero-order valence-electron chi connectivity index (χ0n) is 11.7. The highest BCUT2D eigenvalue weighted by Gasteiger charge is 2.18. The largest absolute Gasteiger partial charge is 0.493 e. The smallest absolute Gasteiger partial charge is 0.125 e. The third-order valence-corrected chi connectivity index (χ3v) is 4.04. The predicted molar refractivity (Wildman–Crippen MR) is 82.2 cm³/mol. The molecule has 0 amide bonds. The summed E-state index contributed by atoms with van der Waals surface area (Å²) in [5.74, 6) is 1.46. The van der Waals surface area contributed by atoms with Crippen LogP contribution < -0.4 is 10.5 Å². The molecule has 0 radical (unpaired) electrons. The van der Waals surface area contributed by atoms with E-state index in [9.17, 15) is 0 Å². The molecule has 1 heterocycles. The van der Waals surface area contributed by atoms with E-state index in [0.29, 0.717) is 12.5 Å². The molecule has 1 unspecified atom stereocenters. The lowest BCUT2D eigenvalue weighted by Crippen LogP contribution is -2.17. The molecule has 2 nitrogen and oxygen atoms in total. The highest BCUT2D eigenvalue weighted by Crippen LogP contribution is 2.32. The fourth-order valence-electron chi connectivity index (χ4n) is 2.95. The number of nitrogens with two attached hydrogens (primary N) is 1. The molecule has 20 heavy (non-hydrogen) atoms. The topological polar surface area (TPSA) is 35.2 Å². The van der Waals surface area contributed by atoms with Crippen LogP contribution in [0.25, 0.3) is 0 Å². The Bertz CT molecular complexity index is 565. The molecule has 0 fully saturated rings. The third-order valence-electron chi connectivity index (χ3n) is 4.04. The molecule has 1 aliphatic heterocycles. The molecule has 2 aromatic rings. The molecule has 0 saturated heterocycles. The van der Waals surface area contributed by atoms with E-state index in [4.69, 9.17) is 10.5 Å². The number of para-hydroxylation sites is 1. The van der Waals surface area contributed by atoms with Crippen LogP contribution in [0.2, 0.25) is 0 Å². The SMILES string of the molecule is NCC(Cc1cccc2c1OCCC2)c1ccccc1. The zero-order chi connectivity index (χ0) is 13.8. The maximum atomic E-state index is 5.99. The molecule has 1 aliphatic rings. The average Bonchev–Trinajstić information content (AvgIpc) is 2.53. The molecule has 0 saturated carbocycles. The first kappa shape index (κ1) is 13.2. The van der Waals surface area contributed by atoms with Crippen molar-refractivity contribution in [2.45, 2.75) is 25.2 Å². The number of benzene rings is 2. The fraction of sp³-hybridized carbons (Fsp3) is 0.333. The Morgan fingerprint density at radius 2 is 1.90 bits per heavy atom. The molecular formula is C18H21NO. The minimum Gasteiger partial charge on any atom is -0.493 e. The van der Waals surface area contributed by atoms with Crippen LogP contribution in [-0.2, 0) is 12.8 Å². The molecular weight excluding hydrogens is 246 g/mol. The number of ether oxygens (including phenoxy) is 1. The van der Waals surface area contributed by atoms with Gasteiger partial charge in [0.25, 0.3) is 0 Å². The van der Waals surface area contributed by atoms with E-state index in [1.54, 1.807) is 0 Å². The summed E-state index contributed by atoms with van der Waals surface area (Å²) < 4.78 is 5.90. The maximum Gasteiger partial charge on any atom is 0.125 e. The van der Waals surface area contributed by atoms with E-state index < -0.39 is 0 Å². The van der Waals surface area contributed by atoms with Gasteiger partial charge in [-0.05, 0) is 42.5 Å². The lowest BCUT2D eigenvalue weighted by atomic mass is 9.90. The van der Waals surface area contributed by atoms with Crippen LogP contribution in [0.15, 0.2) is 48.5 Å². The molecule has 104 valence electrons. The van der Waals surface area contributed by atoms with Gasteiger partial charge in [0.1, 0.15) is 5.75 Å². The van der Waals surface area contributed by atoms with Crippen molar-refractivity contribution in [2.24, 2.45) is 5.73 Å². The highest BCUT2D eigenvalue weighted by atomic mass is 16.5. The van der Waals surface area contributed by atoms with Crippen LogP contribution in [-0.4, -0.2) is 13.2 Å². The van der Waals surface area contributed by atoms with Gasteiger partial charge in [0, 0.05) is 5.92 Å². The van der Waals surface area contributed by atoms with E-state index in [1.165, 1.54) is 16.7 Å². The van der Waals surface area contributed by atoms with Crippen LogP contribution in [0.3, 0.4) is 0 Å². The van der Waals surface area contributed by atoms with E-state index in [1.807, 2.05) is 6.07 Å². The quantitative estimate of drug-likeness (QED) is 0.922. The van der Waals surface area contributed by atoms with Crippen molar-refractivity contribution in [1.82, 2.24) is 0 Å². The van der Waals surface area contributed by atoms with E-state index in [-0.39, 0.29) is 0 Å². The molecule has 0 bridgehead atoms. The molecule has 2 N–H and O–H groups in total. The first-order valence-electron chi connectivity index (χ1n) is 7.37. The molecule has 0 aromatic heterocycles. The van der Waals surface area contributed by atoms with Gasteiger partial charge in [-0.3, -0.25) is 0 Å². The normalized spacial score (nSPS) is 15.2. The minimum atomic E-state index is 0.355. The highest BCUT2D eigenvalue weighted by molar-refractivity contribution is 5.43. The minimum absolute atomic E-state index is 0.355. The Kier molecular flexibility index (Phi) is 4.03. The van der Waals surface area contributed by atoms with E-state index in [2.05, 4.69) is 42.5 Å². The lowest BCUT2D eigenvalue weighted by molar-refractivity contribution is 0.284. The maximum absolute atomic E-state index is 5.99. The molecule has 2 aromatic carbocycles. The number of hydrogen-bond donors (Lipinski definition) is 1. The Morgan fingerprint density at radius 1 is 1.05 bits per heavy atom. The summed E-state index contributed by atoms with van der Waals surface area (Å²) in [4.78, 5) is 0.